The van der Waals surface area contributed by atoms with Crippen LogP contribution >= 0.6 is 22.6 Å². The Bertz CT molecular complexity index is 532. The van der Waals surface area contributed by atoms with E-state index in [0.29, 0.717) is 0 Å². The van der Waals surface area contributed by atoms with Crippen LogP contribution in [0.2, 0.25) is 0 Å². The number of benzene rings is 2. The minimum atomic E-state index is 0.0834. The summed E-state index contributed by atoms with van der Waals surface area (Å²) >= 11 is 2.54. The number of hydrogen-bond acceptors (Lipinski definition) is 0. The van der Waals surface area contributed by atoms with Gasteiger partial charge in [0, 0.05) is 0 Å². The van der Waals surface area contributed by atoms with Gasteiger partial charge in [-0.1, -0.05) is 0 Å². The molecule has 2 heteroatoms. The third kappa shape index (κ3) is 3.47. The first-order chi connectivity index (χ1) is 8.72. The Hall–Kier alpha value is -0.100. The van der Waals surface area contributed by atoms with Crippen LogP contribution < -0.4 is 21.2 Å². The van der Waals surface area contributed by atoms with Gasteiger partial charge in [-0.15, -0.1) is 0 Å². The van der Waals surface area contributed by atoms with Gasteiger partial charge in [0.1, 0.15) is 0 Å². The average Bonchev–Trinajstić information content (AvgIpc) is 2.39. The zero-order chi connectivity index (χ0) is 13.0. The van der Waals surface area contributed by atoms with Gasteiger partial charge in [-0.3, -0.25) is 0 Å². The summed E-state index contributed by atoms with van der Waals surface area (Å²) < 4.78 is 3.97. The molecule has 2 rings (SSSR count). The molecule has 0 N–H and O–H groups in total. The number of rotatable bonds is 4. The van der Waals surface area contributed by atoms with Crippen LogP contribution in [0.5, 0.6) is 0 Å². The first-order valence-corrected chi connectivity index (χ1v) is 10.1. The summed E-state index contributed by atoms with van der Waals surface area (Å²) in [5, 5.41) is 0. The Morgan fingerprint density at radius 3 is 2.39 bits per heavy atom. The normalized spacial score (nSPS) is 10.8. The van der Waals surface area contributed by atoms with E-state index in [0.717, 1.165) is 4.43 Å². The fraction of sp³-hybridized carbons (Fsp3) is 0.250. The van der Waals surface area contributed by atoms with Crippen LogP contribution in [0.15, 0.2) is 42.5 Å². The van der Waals surface area contributed by atoms with Gasteiger partial charge in [0.15, 0.2) is 0 Å². The van der Waals surface area contributed by atoms with E-state index >= 15 is 0 Å². The van der Waals surface area contributed by atoms with Gasteiger partial charge in [-0.05, 0) is 0 Å². The summed E-state index contributed by atoms with van der Waals surface area (Å²) in [5.74, 6) is 0. The van der Waals surface area contributed by atoms with Crippen molar-refractivity contribution >= 4 is 22.6 Å². The maximum atomic E-state index is 2.45. The van der Waals surface area contributed by atoms with Gasteiger partial charge >= 0.3 is 135 Å². The van der Waals surface area contributed by atoms with Crippen molar-refractivity contribution in [3.8, 4) is 0 Å². The molecule has 0 saturated heterocycles. The number of alkyl halides is 2. The first-order valence-electron chi connectivity index (χ1n) is 6.00. The van der Waals surface area contributed by atoms with Crippen molar-refractivity contribution in [1.29, 1.82) is 0 Å². The zero-order valence-corrected chi connectivity index (χ0v) is 15.0. The topological polar surface area (TPSA) is 0 Å². The van der Waals surface area contributed by atoms with Crippen LogP contribution in [-0.4, -0.2) is 0 Å². The second kappa shape index (κ2) is 6.89. The molecule has 2 aromatic carbocycles. The van der Waals surface area contributed by atoms with E-state index < -0.39 is 0 Å². The standard InChI is InChI=1S/C16H17I2/c1-12-6-3-4-7-15(12)11-18-16-9-5-8-14(10-17)13(16)2/h3-9H,10-11H2,1-2H3/q-1. The third-order valence-electron chi connectivity index (χ3n) is 3.14. The molecule has 0 aliphatic heterocycles. The Morgan fingerprint density at radius 2 is 1.67 bits per heavy atom. The Kier molecular flexibility index (Phi) is 5.48. The zero-order valence-electron chi connectivity index (χ0n) is 10.7. The number of halogens is 2. The van der Waals surface area contributed by atoms with Crippen LogP contribution in [0.3, 0.4) is 0 Å². The molecule has 96 valence electrons. The fourth-order valence-electron chi connectivity index (χ4n) is 1.85. The molecule has 0 amide bonds. The average molecular weight is 463 g/mol. The molecule has 0 heterocycles. The van der Waals surface area contributed by atoms with Crippen LogP contribution in [0, 0.1) is 17.4 Å². The molecule has 0 aliphatic carbocycles. The van der Waals surface area contributed by atoms with Gasteiger partial charge in [-0.2, -0.15) is 0 Å². The molecule has 2 aromatic rings. The molecule has 0 saturated carbocycles. The van der Waals surface area contributed by atoms with E-state index in [1.54, 1.807) is 3.57 Å². The van der Waals surface area contributed by atoms with Crippen molar-refractivity contribution in [2.45, 2.75) is 22.7 Å². The van der Waals surface area contributed by atoms with Crippen molar-refractivity contribution in [2.75, 3.05) is 0 Å². The molecule has 0 unspecified atom stereocenters. The molecular formula is C16H17I2-. The quantitative estimate of drug-likeness (QED) is 0.479. The molecule has 0 spiro atoms. The van der Waals surface area contributed by atoms with Crippen molar-refractivity contribution in [3.05, 3.63) is 68.3 Å². The second-order valence-electron chi connectivity index (χ2n) is 4.35. The summed E-state index contributed by atoms with van der Waals surface area (Å²) in [6.07, 6.45) is 0. The summed E-state index contributed by atoms with van der Waals surface area (Å²) in [5.41, 5.74) is 5.97. The number of aryl methyl sites for hydroxylation is 1. The molecule has 0 nitrogen and oxygen atoms in total. The van der Waals surface area contributed by atoms with E-state index in [9.17, 15) is 0 Å². The second-order valence-corrected chi connectivity index (χ2v) is 7.80. The number of hydrogen-bond donors (Lipinski definition) is 0. The van der Waals surface area contributed by atoms with E-state index in [4.69, 9.17) is 0 Å². The summed E-state index contributed by atoms with van der Waals surface area (Å²) in [6, 6.07) is 15.5. The van der Waals surface area contributed by atoms with Crippen LogP contribution in [-0.2, 0) is 8.86 Å². The SMILES string of the molecule is Cc1ccccc1C[I-]c1cccc(CI)c1C. The first kappa shape index (κ1) is 14.3. The molecule has 0 aliphatic rings. The van der Waals surface area contributed by atoms with E-state index in [1.165, 1.54) is 26.7 Å². The monoisotopic (exact) mass is 463 g/mol. The summed E-state index contributed by atoms with van der Waals surface area (Å²) in [7, 11) is 0. The van der Waals surface area contributed by atoms with Crippen molar-refractivity contribution < 1.29 is 21.2 Å². The van der Waals surface area contributed by atoms with Crippen LogP contribution in [0.4, 0.5) is 0 Å². The Balaban J connectivity index is 2.14. The van der Waals surface area contributed by atoms with Crippen molar-refractivity contribution in [2.24, 2.45) is 0 Å². The molecular weight excluding hydrogens is 446 g/mol. The predicted molar refractivity (Wildman–Crippen MR) is 82.5 cm³/mol. The molecule has 0 aromatic heterocycles. The molecule has 0 bridgehead atoms. The molecule has 0 radical (unpaired) electrons. The van der Waals surface area contributed by atoms with Crippen molar-refractivity contribution in [3.63, 3.8) is 0 Å². The Morgan fingerprint density at radius 1 is 0.944 bits per heavy atom. The van der Waals surface area contributed by atoms with Crippen LogP contribution in [0.25, 0.3) is 0 Å². The van der Waals surface area contributed by atoms with Gasteiger partial charge < -0.3 is 0 Å². The van der Waals surface area contributed by atoms with Crippen molar-refractivity contribution in [1.82, 2.24) is 0 Å². The summed E-state index contributed by atoms with van der Waals surface area (Å²) in [4.78, 5) is 0. The fourth-order valence-corrected chi connectivity index (χ4v) is 5.73. The molecule has 18 heavy (non-hydrogen) atoms. The van der Waals surface area contributed by atoms with Gasteiger partial charge in [0.25, 0.3) is 0 Å². The van der Waals surface area contributed by atoms with Crippen LogP contribution in [0.1, 0.15) is 22.3 Å². The van der Waals surface area contributed by atoms with Gasteiger partial charge in [0.05, 0.1) is 0 Å². The summed E-state index contributed by atoms with van der Waals surface area (Å²) in [6.45, 7) is 4.49. The maximum absolute atomic E-state index is 2.45. The Labute approximate surface area is 134 Å². The molecule has 0 atom stereocenters. The molecule has 0 fully saturated rings. The predicted octanol–water partition coefficient (Wildman–Crippen LogP) is 1.70. The van der Waals surface area contributed by atoms with Gasteiger partial charge in [-0.25, -0.2) is 0 Å². The van der Waals surface area contributed by atoms with E-state index in [2.05, 4.69) is 78.9 Å². The van der Waals surface area contributed by atoms with Gasteiger partial charge in [0.2, 0.25) is 0 Å². The van der Waals surface area contributed by atoms with E-state index in [-0.39, 0.29) is 21.2 Å². The third-order valence-corrected chi connectivity index (χ3v) is 7.16. The minimum absolute atomic E-state index is 0.0834. The van der Waals surface area contributed by atoms with E-state index in [1.807, 2.05) is 0 Å².